The maximum atomic E-state index is 11.8. The first-order valence-electron chi connectivity index (χ1n) is 7.58. The normalized spacial score (nSPS) is 15.7. The summed E-state index contributed by atoms with van der Waals surface area (Å²) >= 11 is 0. The molecule has 23 heavy (non-hydrogen) atoms. The Kier molecular flexibility index (Phi) is 5.02. The van der Waals surface area contributed by atoms with Gasteiger partial charge in [0.1, 0.15) is 18.0 Å². The van der Waals surface area contributed by atoms with Crippen LogP contribution in [0.2, 0.25) is 0 Å². The molecule has 0 aromatic carbocycles. The van der Waals surface area contributed by atoms with Crippen molar-refractivity contribution in [2.45, 2.75) is 32.2 Å². The van der Waals surface area contributed by atoms with Crippen LogP contribution in [-0.2, 0) is 9.59 Å². The van der Waals surface area contributed by atoms with Gasteiger partial charge in [-0.3, -0.25) is 9.59 Å². The van der Waals surface area contributed by atoms with E-state index in [-0.39, 0.29) is 12.3 Å². The number of carboxylic acids is 1. The van der Waals surface area contributed by atoms with Crippen molar-refractivity contribution in [1.29, 1.82) is 0 Å². The lowest BCUT2D eigenvalue weighted by Crippen LogP contribution is -2.48. The van der Waals surface area contributed by atoms with E-state index in [0.717, 1.165) is 6.54 Å². The summed E-state index contributed by atoms with van der Waals surface area (Å²) in [5.74, 6) is 0.556. The van der Waals surface area contributed by atoms with Gasteiger partial charge < -0.3 is 20.2 Å². The molecule has 8 heteroatoms. The van der Waals surface area contributed by atoms with E-state index in [0.29, 0.717) is 31.1 Å². The number of carbonyl (C=O) groups excluding carboxylic acids is 1. The molecule has 0 aliphatic carbocycles. The molecule has 1 aliphatic rings. The summed E-state index contributed by atoms with van der Waals surface area (Å²) in [7, 11) is 1.79. The molecule has 1 amide bonds. The van der Waals surface area contributed by atoms with Crippen LogP contribution in [0.25, 0.3) is 0 Å². The molecule has 2 rings (SSSR count). The number of nitrogens with one attached hydrogen (secondary N) is 1. The van der Waals surface area contributed by atoms with Gasteiger partial charge in [0.2, 0.25) is 5.91 Å². The number of piperazine rings is 1. The number of likely N-dealkylation sites (N-methyl/N-ethyl adjacent to an activating group) is 1. The summed E-state index contributed by atoms with van der Waals surface area (Å²) in [6, 6.07) is 1.79. The maximum absolute atomic E-state index is 11.8. The first kappa shape index (κ1) is 17.0. The van der Waals surface area contributed by atoms with E-state index >= 15 is 0 Å². The monoisotopic (exact) mass is 321 g/mol. The lowest BCUT2D eigenvalue weighted by atomic mass is 9.98. The van der Waals surface area contributed by atoms with Gasteiger partial charge in [0, 0.05) is 38.2 Å². The minimum absolute atomic E-state index is 0.0613. The lowest BCUT2D eigenvalue weighted by Gasteiger charge is -2.33. The number of nitrogens with zero attached hydrogens (tertiary/aromatic N) is 4. The molecule has 0 saturated carbocycles. The quantitative estimate of drug-likeness (QED) is 0.800. The van der Waals surface area contributed by atoms with Gasteiger partial charge in [0.15, 0.2) is 0 Å². The summed E-state index contributed by atoms with van der Waals surface area (Å²) in [4.78, 5) is 34.6. The number of aromatic nitrogens is 2. The van der Waals surface area contributed by atoms with Crippen molar-refractivity contribution in [1.82, 2.24) is 14.9 Å². The molecule has 0 bridgehead atoms. The summed E-state index contributed by atoms with van der Waals surface area (Å²) in [5.41, 5.74) is -0.401. The van der Waals surface area contributed by atoms with Gasteiger partial charge >= 0.3 is 5.97 Å². The zero-order valence-electron chi connectivity index (χ0n) is 13.7. The fraction of sp³-hybridized carbons (Fsp3) is 0.600. The SMILES string of the molecule is CN1CCN(c2cc(NC(C)(C)CCC(=O)O)ncn2)CC1=O. The minimum Gasteiger partial charge on any atom is -0.481 e. The first-order chi connectivity index (χ1) is 10.8. The number of carboxylic acid groups (broad SMARTS) is 1. The molecule has 2 N–H and O–H groups in total. The highest BCUT2D eigenvalue weighted by Gasteiger charge is 2.23. The van der Waals surface area contributed by atoms with Crippen LogP contribution in [-0.4, -0.2) is 64.1 Å². The van der Waals surface area contributed by atoms with Gasteiger partial charge in [0.25, 0.3) is 0 Å². The van der Waals surface area contributed by atoms with E-state index < -0.39 is 11.5 Å². The molecule has 0 unspecified atom stereocenters. The standard InChI is InChI=1S/C15H23N5O3/c1-15(2,5-4-14(22)23)18-11-8-12(17-10-16-11)20-7-6-19(3)13(21)9-20/h8,10H,4-7,9H2,1-3H3,(H,22,23)(H,16,17,18). The van der Waals surface area contributed by atoms with Gasteiger partial charge in [-0.05, 0) is 20.3 Å². The smallest absolute Gasteiger partial charge is 0.303 e. The average Bonchev–Trinajstić information content (AvgIpc) is 2.48. The van der Waals surface area contributed by atoms with E-state index in [9.17, 15) is 9.59 Å². The van der Waals surface area contributed by atoms with E-state index in [4.69, 9.17) is 5.11 Å². The predicted molar refractivity (Wildman–Crippen MR) is 86.5 cm³/mol. The Morgan fingerprint density at radius 1 is 1.39 bits per heavy atom. The van der Waals surface area contributed by atoms with Gasteiger partial charge in [-0.1, -0.05) is 0 Å². The van der Waals surface area contributed by atoms with Crippen molar-refractivity contribution in [3.8, 4) is 0 Å². The van der Waals surface area contributed by atoms with Gasteiger partial charge in [-0.15, -0.1) is 0 Å². The number of aliphatic carboxylic acids is 1. The van der Waals surface area contributed by atoms with Crippen molar-refractivity contribution in [3.05, 3.63) is 12.4 Å². The third-order valence-electron chi connectivity index (χ3n) is 3.86. The molecule has 0 spiro atoms. The van der Waals surface area contributed by atoms with Crippen LogP contribution in [0.15, 0.2) is 12.4 Å². The lowest BCUT2D eigenvalue weighted by molar-refractivity contribution is -0.137. The molecule has 8 nitrogen and oxygen atoms in total. The molecular formula is C15H23N5O3. The van der Waals surface area contributed by atoms with E-state index in [1.165, 1.54) is 6.33 Å². The number of rotatable bonds is 6. The zero-order chi connectivity index (χ0) is 17.0. The van der Waals surface area contributed by atoms with E-state index in [1.807, 2.05) is 18.7 Å². The third-order valence-corrected chi connectivity index (χ3v) is 3.86. The van der Waals surface area contributed by atoms with Crippen LogP contribution in [0.1, 0.15) is 26.7 Å². The number of carbonyl (C=O) groups is 2. The highest BCUT2D eigenvalue weighted by atomic mass is 16.4. The molecule has 1 fully saturated rings. The van der Waals surface area contributed by atoms with Gasteiger partial charge in [-0.2, -0.15) is 0 Å². The van der Waals surface area contributed by atoms with Crippen molar-refractivity contribution in [2.24, 2.45) is 0 Å². The van der Waals surface area contributed by atoms with E-state index in [2.05, 4.69) is 15.3 Å². The second-order valence-electron chi connectivity index (χ2n) is 6.40. The predicted octanol–water partition coefficient (Wildman–Crippen LogP) is 0.810. The fourth-order valence-corrected chi connectivity index (χ4v) is 2.37. The summed E-state index contributed by atoms with van der Waals surface area (Å²) < 4.78 is 0. The molecule has 126 valence electrons. The Morgan fingerprint density at radius 3 is 2.78 bits per heavy atom. The van der Waals surface area contributed by atoms with Crippen molar-refractivity contribution >= 4 is 23.5 Å². The Morgan fingerprint density at radius 2 is 2.13 bits per heavy atom. The number of amides is 1. The molecule has 1 aromatic heterocycles. The Hall–Kier alpha value is -2.38. The Balaban J connectivity index is 2.05. The summed E-state index contributed by atoms with van der Waals surface area (Å²) in [5, 5.41) is 12.0. The van der Waals surface area contributed by atoms with E-state index in [1.54, 1.807) is 18.0 Å². The minimum atomic E-state index is -0.820. The van der Waals surface area contributed by atoms with Crippen LogP contribution >= 0.6 is 0 Å². The van der Waals surface area contributed by atoms with Crippen LogP contribution in [0.5, 0.6) is 0 Å². The molecule has 1 aliphatic heterocycles. The Labute approximate surface area is 135 Å². The van der Waals surface area contributed by atoms with Crippen LogP contribution in [0, 0.1) is 0 Å². The van der Waals surface area contributed by atoms with Crippen molar-refractivity contribution in [2.75, 3.05) is 36.9 Å². The van der Waals surface area contributed by atoms with Crippen LogP contribution in [0.4, 0.5) is 11.6 Å². The molecule has 0 atom stereocenters. The summed E-state index contributed by atoms with van der Waals surface area (Å²) in [6.45, 7) is 5.54. The molecule has 1 saturated heterocycles. The molecule has 0 radical (unpaired) electrons. The molecular weight excluding hydrogens is 298 g/mol. The first-order valence-corrected chi connectivity index (χ1v) is 7.58. The molecule has 2 heterocycles. The van der Waals surface area contributed by atoms with Gasteiger partial charge in [0.05, 0.1) is 6.54 Å². The van der Waals surface area contributed by atoms with Crippen molar-refractivity contribution < 1.29 is 14.7 Å². The second kappa shape index (κ2) is 6.80. The maximum Gasteiger partial charge on any atom is 0.303 e. The highest BCUT2D eigenvalue weighted by Crippen LogP contribution is 2.21. The number of hydrogen-bond acceptors (Lipinski definition) is 6. The number of anilines is 2. The zero-order valence-corrected chi connectivity index (χ0v) is 13.7. The van der Waals surface area contributed by atoms with Gasteiger partial charge in [-0.25, -0.2) is 9.97 Å². The largest absolute Gasteiger partial charge is 0.481 e. The van der Waals surface area contributed by atoms with Crippen LogP contribution in [0.3, 0.4) is 0 Å². The highest BCUT2D eigenvalue weighted by molar-refractivity contribution is 5.82. The average molecular weight is 321 g/mol. The fourth-order valence-electron chi connectivity index (χ4n) is 2.37. The summed E-state index contributed by atoms with van der Waals surface area (Å²) in [6.07, 6.45) is 2.02. The Bertz CT molecular complexity index is 590. The third kappa shape index (κ3) is 4.80. The number of hydrogen-bond donors (Lipinski definition) is 2. The van der Waals surface area contributed by atoms with Crippen molar-refractivity contribution in [3.63, 3.8) is 0 Å². The molecule has 1 aromatic rings. The second-order valence-corrected chi connectivity index (χ2v) is 6.40. The topological polar surface area (TPSA) is 98.7 Å². The van der Waals surface area contributed by atoms with Crippen LogP contribution < -0.4 is 10.2 Å².